The lowest BCUT2D eigenvalue weighted by Crippen LogP contribution is -2.27. The number of hydrogen-bond donors (Lipinski definition) is 1. The number of nitrogens with one attached hydrogen (secondary N) is 1. The van der Waals surface area contributed by atoms with E-state index in [9.17, 15) is 4.79 Å². The molecule has 6 heteroatoms. The van der Waals surface area contributed by atoms with Crippen molar-refractivity contribution in [2.24, 2.45) is 0 Å². The minimum atomic E-state index is 0.171. The van der Waals surface area contributed by atoms with Gasteiger partial charge in [-0.2, -0.15) is 5.10 Å². The number of amides is 1. The van der Waals surface area contributed by atoms with Gasteiger partial charge in [0, 0.05) is 29.7 Å². The topological polar surface area (TPSA) is 46.9 Å². The molecule has 2 rings (SSSR count). The van der Waals surface area contributed by atoms with Crippen LogP contribution in [0.2, 0.25) is 0 Å². The van der Waals surface area contributed by atoms with E-state index in [1.165, 1.54) is 25.0 Å². The van der Waals surface area contributed by atoms with E-state index < -0.39 is 0 Å². The molecule has 1 aliphatic heterocycles. The second kappa shape index (κ2) is 8.73. The molecule has 0 spiro atoms. The minimum Gasteiger partial charge on any atom is -0.354 e. The smallest absolute Gasteiger partial charge is 0.220 e. The SMILES string of the molecule is Cc1cc(C)n(CCNC(=O)CCCC[C@H]2CCSS2)n1. The van der Waals surface area contributed by atoms with Crippen LogP contribution in [0.5, 0.6) is 0 Å². The summed E-state index contributed by atoms with van der Waals surface area (Å²) in [7, 11) is 4.01. The molecule has 2 heterocycles. The highest BCUT2D eigenvalue weighted by Gasteiger charge is 2.15. The molecule has 1 saturated heterocycles. The van der Waals surface area contributed by atoms with Crippen molar-refractivity contribution in [3.05, 3.63) is 17.5 Å². The van der Waals surface area contributed by atoms with Crippen LogP contribution >= 0.6 is 21.6 Å². The molecule has 1 aliphatic rings. The fourth-order valence-corrected chi connectivity index (χ4v) is 5.54. The van der Waals surface area contributed by atoms with Crippen LogP contribution in [-0.4, -0.2) is 33.2 Å². The van der Waals surface area contributed by atoms with Crippen molar-refractivity contribution in [3.8, 4) is 0 Å². The quantitative estimate of drug-likeness (QED) is 0.588. The fraction of sp³-hybridized carbons (Fsp3) is 0.733. The molecule has 1 amide bonds. The molecule has 0 saturated carbocycles. The number of nitrogens with zero attached hydrogens (tertiary/aromatic N) is 2. The Labute approximate surface area is 135 Å². The molecule has 4 nitrogen and oxygen atoms in total. The number of unbranched alkanes of at least 4 members (excludes halogenated alkanes) is 1. The van der Waals surface area contributed by atoms with E-state index in [-0.39, 0.29) is 5.91 Å². The Morgan fingerprint density at radius 3 is 3.00 bits per heavy atom. The Kier molecular flexibility index (Phi) is 6.96. The average Bonchev–Trinajstić information content (AvgIpc) is 3.05. The van der Waals surface area contributed by atoms with Gasteiger partial charge in [0.2, 0.25) is 5.91 Å². The predicted octanol–water partition coefficient (Wildman–Crippen LogP) is 3.33. The lowest BCUT2D eigenvalue weighted by atomic mass is 10.1. The lowest BCUT2D eigenvalue weighted by molar-refractivity contribution is -0.121. The van der Waals surface area contributed by atoms with Gasteiger partial charge < -0.3 is 5.32 Å². The maximum atomic E-state index is 11.8. The van der Waals surface area contributed by atoms with E-state index in [4.69, 9.17) is 0 Å². The third kappa shape index (κ3) is 5.94. The van der Waals surface area contributed by atoms with Crippen LogP contribution in [0, 0.1) is 13.8 Å². The molecule has 118 valence electrons. The van der Waals surface area contributed by atoms with Gasteiger partial charge >= 0.3 is 0 Å². The third-order valence-corrected chi connectivity index (χ3v) is 6.66. The molecule has 0 unspecified atom stereocenters. The molecule has 0 aliphatic carbocycles. The van der Waals surface area contributed by atoms with Crippen LogP contribution in [-0.2, 0) is 11.3 Å². The summed E-state index contributed by atoms with van der Waals surface area (Å²) in [6.07, 6.45) is 5.43. The molecule has 0 bridgehead atoms. The maximum absolute atomic E-state index is 11.8. The average molecular weight is 328 g/mol. The molecule has 1 aromatic rings. The Balaban J connectivity index is 1.52. The van der Waals surface area contributed by atoms with Gasteiger partial charge in [-0.1, -0.05) is 28.0 Å². The van der Waals surface area contributed by atoms with Gasteiger partial charge in [0.05, 0.1) is 12.2 Å². The summed E-state index contributed by atoms with van der Waals surface area (Å²) < 4.78 is 1.95. The Bertz CT molecular complexity index is 456. The largest absolute Gasteiger partial charge is 0.354 e. The highest BCUT2D eigenvalue weighted by Crippen LogP contribution is 2.39. The Hall–Kier alpha value is -0.620. The number of hydrogen-bond acceptors (Lipinski definition) is 4. The Morgan fingerprint density at radius 1 is 1.48 bits per heavy atom. The summed E-state index contributed by atoms with van der Waals surface area (Å²) in [5.74, 6) is 1.47. The fourth-order valence-electron chi connectivity index (χ4n) is 2.51. The second-order valence-corrected chi connectivity index (χ2v) is 8.36. The minimum absolute atomic E-state index is 0.171. The highest BCUT2D eigenvalue weighted by atomic mass is 33.1. The normalized spacial score (nSPS) is 18.1. The zero-order chi connectivity index (χ0) is 15.1. The van der Waals surface area contributed by atoms with Gasteiger partial charge in [0.25, 0.3) is 0 Å². The van der Waals surface area contributed by atoms with Crippen LogP contribution in [0.25, 0.3) is 0 Å². The zero-order valence-electron chi connectivity index (χ0n) is 12.9. The Morgan fingerprint density at radius 2 is 2.33 bits per heavy atom. The van der Waals surface area contributed by atoms with Gasteiger partial charge in [-0.05, 0) is 39.2 Å². The molecular weight excluding hydrogens is 302 g/mol. The number of aryl methyl sites for hydroxylation is 2. The monoisotopic (exact) mass is 327 g/mol. The van der Waals surface area contributed by atoms with Crippen molar-refractivity contribution in [1.82, 2.24) is 15.1 Å². The molecular formula is C15H25N3OS2. The third-order valence-electron chi connectivity index (χ3n) is 3.66. The van der Waals surface area contributed by atoms with Gasteiger partial charge in [0.1, 0.15) is 0 Å². The van der Waals surface area contributed by atoms with Gasteiger partial charge in [0.15, 0.2) is 0 Å². The van der Waals surface area contributed by atoms with E-state index in [0.29, 0.717) is 13.0 Å². The molecule has 1 fully saturated rings. The zero-order valence-corrected chi connectivity index (χ0v) is 14.6. The summed E-state index contributed by atoms with van der Waals surface area (Å²) in [6.45, 7) is 5.45. The summed E-state index contributed by atoms with van der Waals surface area (Å²) in [4.78, 5) is 11.8. The van der Waals surface area contributed by atoms with Gasteiger partial charge in [-0.3, -0.25) is 9.48 Å². The van der Waals surface area contributed by atoms with Crippen molar-refractivity contribution in [2.75, 3.05) is 12.3 Å². The first-order valence-corrected chi connectivity index (χ1v) is 10.1. The van der Waals surface area contributed by atoms with Crippen molar-refractivity contribution in [2.45, 2.75) is 57.7 Å². The second-order valence-electron chi connectivity index (χ2n) is 5.57. The van der Waals surface area contributed by atoms with Gasteiger partial charge in [-0.15, -0.1) is 0 Å². The molecule has 21 heavy (non-hydrogen) atoms. The van der Waals surface area contributed by atoms with Crippen molar-refractivity contribution < 1.29 is 4.79 Å². The van der Waals surface area contributed by atoms with Crippen LogP contribution in [0.4, 0.5) is 0 Å². The number of rotatable bonds is 8. The molecule has 0 radical (unpaired) electrons. The first-order valence-electron chi connectivity index (χ1n) is 7.71. The van der Waals surface area contributed by atoms with Crippen LogP contribution in [0.3, 0.4) is 0 Å². The van der Waals surface area contributed by atoms with Crippen molar-refractivity contribution in [3.63, 3.8) is 0 Å². The van der Waals surface area contributed by atoms with Crippen LogP contribution in [0.15, 0.2) is 6.07 Å². The first kappa shape index (κ1) is 16.7. The molecule has 1 atom stereocenters. The van der Waals surface area contributed by atoms with E-state index >= 15 is 0 Å². The van der Waals surface area contributed by atoms with E-state index in [1.54, 1.807) is 0 Å². The van der Waals surface area contributed by atoms with Gasteiger partial charge in [-0.25, -0.2) is 0 Å². The summed E-state index contributed by atoms with van der Waals surface area (Å²) in [5, 5.41) is 8.20. The summed E-state index contributed by atoms with van der Waals surface area (Å²) in [6, 6.07) is 2.06. The van der Waals surface area contributed by atoms with Crippen molar-refractivity contribution >= 4 is 27.5 Å². The number of carbonyl (C=O) groups is 1. The van der Waals surface area contributed by atoms with E-state index in [0.717, 1.165) is 29.6 Å². The van der Waals surface area contributed by atoms with Crippen molar-refractivity contribution in [1.29, 1.82) is 0 Å². The maximum Gasteiger partial charge on any atom is 0.220 e. The van der Waals surface area contributed by atoms with Crippen LogP contribution < -0.4 is 5.32 Å². The van der Waals surface area contributed by atoms with Crippen LogP contribution in [0.1, 0.15) is 43.5 Å². The molecule has 0 aromatic carbocycles. The standard InChI is InChI=1S/C15H25N3OS2/c1-12-11-13(2)18(17-12)9-8-16-15(19)6-4-3-5-14-7-10-20-21-14/h11,14H,3-10H2,1-2H3,(H,16,19)/t14-/m0/s1. The lowest BCUT2D eigenvalue weighted by Gasteiger charge is -2.08. The number of aromatic nitrogens is 2. The van der Waals surface area contributed by atoms with E-state index in [1.807, 2.05) is 40.1 Å². The summed E-state index contributed by atoms with van der Waals surface area (Å²) in [5.41, 5.74) is 2.18. The first-order chi connectivity index (χ1) is 10.1. The predicted molar refractivity (Wildman–Crippen MR) is 91.6 cm³/mol. The van der Waals surface area contributed by atoms with E-state index in [2.05, 4.69) is 16.5 Å². The molecule has 1 aromatic heterocycles. The highest BCUT2D eigenvalue weighted by molar-refractivity contribution is 8.77. The number of carbonyl (C=O) groups excluding carboxylic acids is 1. The molecule has 1 N–H and O–H groups in total. The summed E-state index contributed by atoms with van der Waals surface area (Å²) >= 11 is 0.